The molecule has 0 amide bonds. The topological polar surface area (TPSA) is 237 Å². The van der Waals surface area contributed by atoms with E-state index in [1.54, 1.807) is 0 Å². The van der Waals surface area contributed by atoms with Crippen molar-refractivity contribution in [3.63, 3.8) is 0 Å². The lowest BCUT2D eigenvalue weighted by atomic mass is 9.99. The van der Waals surface area contributed by atoms with Crippen molar-refractivity contribution in [1.29, 1.82) is 0 Å². The molecule has 0 aliphatic heterocycles. The van der Waals surface area contributed by atoms with Crippen LogP contribution in [0.1, 0.15) is 356 Å². The fourth-order valence-corrected chi connectivity index (χ4v) is 12.3. The predicted octanol–water partition coefficient (Wildman–Crippen LogP) is 21.1. The number of hydrogen-bond acceptors (Lipinski definition) is 15. The van der Waals surface area contributed by atoms with E-state index in [1.807, 2.05) is 0 Å². The molecule has 0 aliphatic carbocycles. The maximum absolute atomic E-state index is 13.1. The number of phosphoric ester groups is 2. The Hall–Kier alpha value is -2.46. The van der Waals surface area contributed by atoms with Crippen LogP contribution in [0.25, 0.3) is 0 Å². The summed E-state index contributed by atoms with van der Waals surface area (Å²) in [6.07, 6.45) is 54.9. The molecule has 0 saturated carbocycles. The normalized spacial score (nSPS) is 14.5. The third-order valence-corrected chi connectivity index (χ3v) is 18.8. The standard InChI is InChI=1S/C74H140O17P2/c1-7-10-12-14-16-18-20-22-24-26-28-30-32-39-46-52-58-73(78)90-69(62-84-71(76)56-50-44-38-31-29-27-25-23-21-19-17-15-13-11-8-2)64-88-92(80,81)86-60-68(75)61-87-93(82,83)89-65-70(63-85-72(77)57-51-45-41-35-36-42-48-54-66(4)5)91-74(79)59-53-47-40-34-33-37-43-49-55-67(6)9-3/h19,21,23,25,66-70,75H,7-18,20,22,24,26-65H2,1-6H3,(H,80,81)(H,82,83)/b21-19-,25-23-/t67?,68-,69-,70-/m1/s1. The molecule has 0 radical (unpaired) electrons. The minimum Gasteiger partial charge on any atom is -0.462 e. The van der Waals surface area contributed by atoms with Crippen LogP contribution in [0.5, 0.6) is 0 Å². The fourth-order valence-electron chi connectivity index (χ4n) is 10.7. The SMILES string of the molecule is CCCCCC/C=C\C=C/CCCCCCCC(=O)OC[C@H](COP(=O)(O)OC[C@@H](O)COP(=O)(O)OC[C@@H](COC(=O)CCCCCCCCCC(C)C)OC(=O)CCCCCCCCCCC(C)CC)OC(=O)CCCCCCCCCCCCCCCCCC. The molecule has 93 heavy (non-hydrogen) atoms. The van der Waals surface area contributed by atoms with Crippen molar-refractivity contribution in [3.8, 4) is 0 Å². The number of aliphatic hydroxyl groups excluding tert-OH is 1. The van der Waals surface area contributed by atoms with Crippen molar-refractivity contribution in [2.45, 2.75) is 374 Å². The van der Waals surface area contributed by atoms with Gasteiger partial charge in [0.05, 0.1) is 26.4 Å². The molecule has 6 atom stereocenters. The van der Waals surface area contributed by atoms with Crippen LogP contribution in [-0.4, -0.2) is 96.7 Å². The first-order valence-corrected chi connectivity index (χ1v) is 40.8. The van der Waals surface area contributed by atoms with Crippen LogP contribution >= 0.6 is 15.6 Å². The van der Waals surface area contributed by atoms with Gasteiger partial charge < -0.3 is 33.8 Å². The molecule has 0 aromatic rings. The molecule has 0 heterocycles. The predicted molar refractivity (Wildman–Crippen MR) is 377 cm³/mol. The third kappa shape index (κ3) is 66.6. The molecular formula is C74H140O17P2. The highest BCUT2D eigenvalue weighted by Gasteiger charge is 2.30. The van der Waals surface area contributed by atoms with Gasteiger partial charge in [0.1, 0.15) is 19.3 Å². The molecule has 0 saturated heterocycles. The maximum Gasteiger partial charge on any atom is 0.472 e. The van der Waals surface area contributed by atoms with Gasteiger partial charge in [-0.15, -0.1) is 0 Å². The Bertz CT molecular complexity index is 1900. The number of carbonyl (C=O) groups is 4. The van der Waals surface area contributed by atoms with Crippen LogP contribution in [0.2, 0.25) is 0 Å². The lowest BCUT2D eigenvalue weighted by Crippen LogP contribution is -2.30. The van der Waals surface area contributed by atoms with Crippen LogP contribution in [-0.2, 0) is 65.4 Å². The minimum absolute atomic E-state index is 0.101. The Morgan fingerprint density at radius 2 is 0.634 bits per heavy atom. The second kappa shape index (κ2) is 65.5. The zero-order valence-electron chi connectivity index (χ0n) is 60.0. The minimum atomic E-state index is -4.96. The first-order valence-electron chi connectivity index (χ1n) is 37.8. The molecule has 0 bridgehead atoms. The molecule has 0 fully saturated rings. The summed E-state index contributed by atoms with van der Waals surface area (Å²) in [7, 11) is -9.92. The van der Waals surface area contributed by atoms with Crippen LogP contribution in [0.15, 0.2) is 24.3 Å². The summed E-state index contributed by atoms with van der Waals surface area (Å²) in [5, 5.41) is 10.6. The number of rotatable bonds is 71. The highest BCUT2D eigenvalue weighted by molar-refractivity contribution is 7.47. The third-order valence-electron chi connectivity index (χ3n) is 16.9. The van der Waals surface area contributed by atoms with Gasteiger partial charge >= 0.3 is 39.5 Å². The summed E-state index contributed by atoms with van der Waals surface area (Å²) in [4.78, 5) is 72.7. The lowest BCUT2D eigenvalue weighted by Gasteiger charge is -2.21. The number of carbonyl (C=O) groups excluding carboxylic acids is 4. The van der Waals surface area contributed by atoms with Crippen LogP contribution in [0.4, 0.5) is 0 Å². The van der Waals surface area contributed by atoms with E-state index >= 15 is 0 Å². The van der Waals surface area contributed by atoms with Crippen LogP contribution in [0.3, 0.4) is 0 Å². The quantitative estimate of drug-likeness (QED) is 0.0169. The summed E-state index contributed by atoms with van der Waals surface area (Å²) >= 11 is 0. The Morgan fingerprint density at radius 3 is 0.968 bits per heavy atom. The molecule has 0 rings (SSSR count). The lowest BCUT2D eigenvalue weighted by molar-refractivity contribution is -0.161. The number of unbranched alkanes of at least 4 members (excludes halogenated alkanes) is 37. The number of allylic oxidation sites excluding steroid dienone is 4. The zero-order chi connectivity index (χ0) is 68.6. The molecule has 0 aliphatic rings. The van der Waals surface area contributed by atoms with Gasteiger partial charge in [-0.05, 0) is 63.2 Å². The van der Waals surface area contributed by atoms with E-state index < -0.39 is 97.5 Å². The van der Waals surface area contributed by atoms with Gasteiger partial charge in [0.15, 0.2) is 12.2 Å². The summed E-state index contributed by atoms with van der Waals surface area (Å²) < 4.78 is 68.4. The number of aliphatic hydroxyl groups is 1. The molecule has 0 spiro atoms. The van der Waals surface area contributed by atoms with Crippen LogP contribution < -0.4 is 0 Å². The first-order chi connectivity index (χ1) is 44.9. The van der Waals surface area contributed by atoms with Gasteiger partial charge in [0.25, 0.3) is 0 Å². The number of esters is 4. The van der Waals surface area contributed by atoms with Crippen molar-refractivity contribution in [3.05, 3.63) is 24.3 Å². The Labute approximate surface area is 567 Å². The summed E-state index contributed by atoms with van der Waals surface area (Å²) in [6.45, 7) is 9.45. The van der Waals surface area contributed by atoms with Crippen molar-refractivity contribution in [2.75, 3.05) is 39.6 Å². The molecule has 19 heteroatoms. The average molecular weight is 1360 g/mol. The number of ether oxygens (including phenoxy) is 4. The van der Waals surface area contributed by atoms with E-state index in [4.69, 9.17) is 37.0 Å². The summed E-state index contributed by atoms with van der Waals surface area (Å²) in [6, 6.07) is 0. The smallest absolute Gasteiger partial charge is 0.462 e. The van der Waals surface area contributed by atoms with E-state index in [9.17, 15) is 43.2 Å². The number of hydrogen-bond donors (Lipinski definition) is 3. The van der Waals surface area contributed by atoms with E-state index in [-0.39, 0.29) is 25.7 Å². The summed E-state index contributed by atoms with van der Waals surface area (Å²) in [5.74, 6) is -0.680. The molecule has 0 aromatic carbocycles. The molecular weight excluding hydrogens is 1220 g/mol. The van der Waals surface area contributed by atoms with Gasteiger partial charge in [-0.2, -0.15) is 0 Å². The average Bonchev–Trinajstić information content (AvgIpc) is 2.25. The Kier molecular flexibility index (Phi) is 63.7. The highest BCUT2D eigenvalue weighted by atomic mass is 31.2. The maximum atomic E-state index is 13.1. The zero-order valence-corrected chi connectivity index (χ0v) is 61.8. The second-order valence-corrected chi connectivity index (χ2v) is 29.6. The molecule has 3 unspecified atom stereocenters. The van der Waals surface area contributed by atoms with Crippen LogP contribution in [0, 0.1) is 11.8 Å². The van der Waals surface area contributed by atoms with Crippen molar-refractivity contribution in [1.82, 2.24) is 0 Å². The molecule has 17 nitrogen and oxygen atoms in total. The highest BCUT2D eigenvalue weighted by Crippen LogP contribution is 2.45. The van der Waals surface area contributed by atoms with Gasteiger partial charge in [-0.1, -0.05) is 303 Å². The first kappa shape index (κ1) is 90.5. The van der Waals surface area contributed by atoms with Gasteiger partial charge in [-0.25, -0.2) is 9.13 Å². The Morgan fingerprint density at radius 1 is 0.355 bits per heavy atom. The summed E-state index contributed by atoms with van der Waals surface area (Å²) in [5.41, 5.74) is 0. The van der Waals surface area contributed by atoms with E-state index in [0.29, 0.717) is 31.6 Å². The molecule has 0 aromatic heterocycles. The van der Waals surface area contributed by atoms with Crippen molar-refractivity contribution >= 4 is 39.5 Å². The van der Waals surface area contributed by atoms with Gasteiger partial charge in [0.2, 0.25) is 0 Å². The van der Waals surface area contributed by atoms with E-state index in [1.165, 1.54) is 148 Å². The molecule has 3 N–H and O–H groups in total. The van der Waals surface area contributed by atoms with Crippen molar-refractivity contribution in [2.24, 2.45) is 11.8 Å². The Balaban J connectivity index is 5.29. The fraction of sp³-hybridized carbons (Fsp3) is 0.892. The van der Waals surface area contributed by atoms with Gasteiger partial charge in [0, 0.05) is 25.7 Å². The largest absolute Gasteiger partial charge is 0.472 e. The monoisotopic (exact) mass is 1360 g/mol. The van der Waals surface area contributed by atoms with Gasteiger partial charge in [-0.3, -0.25) is 37.3 Å². The van der Waals surface area contributed by atoms with Crippen molar-refractivity contribution < 1.29 is 80.2 Å². The van der Waals surface area contributed by atoms with E-state index in [2.05, 4.69) is 65.8 Å². The molecule has 548 valence electrons. The second-order valence-electron chi connectivity index (χ2n) is 26.7. The van der Waals surface area contributed by atoms with E-state index in [0.717, 1.165) is 121 Å². The number of phosphoric acid groups is 2.